The van der Waals surface area contributed by atoms with Gasteiger partial charge >= 0.3 is 24.6 Å². The first-order chi connectivity index (χ1) is 5.72. The molecule has 6 radical (unpaired) electrons. The lowest BCUT2D eigenvalue weighted by molar-refractivity contribution is 0.215. The average Bonchev–Trinajstić information content (AvgIpc) is 2.04. The Bertz CT molecular complexity index is 127. The van der Waals surface area contributed by atoms with E-state index in [2.05, 4.69) is 14.6 Å². The van der Waals surface area contributed by atoms with Gasteiger partial charge < -0.3 is 19.1 Å². The van der Waals surface area contributed by atoms with Gasteiger partial charge in [-0.15, -0.1) is 0 Å². The molecule has 12 heavy (non-hydrogen) atoms. The minimum absolute atomic E-state index is 0.264. The average molecular weight is 219 g/mol. The lowest BCUT2D eigenvalue weighted by Crippen LogP contribution is -2.31. The van der Waals surface area contributed by atoms with E-state index in [0.717, 1.165) is 0 Å². The van der Waals surface area contributed by atoms with E-state index in [1.165, 1.54) is 0 Å². The predicted octanol–water partition coefficient (Wildman–Crippen LogP) is -0.763. The van der Waals surface area contributed by atoms with Crippen molar-refractivity contribution in [3.05, 3.63) is 0 Å². The first-order valence-corrected chi connectivity index (χ1v) is 6.10. The van der Waals surface area contributed by atoms with Gasteiger partial charge in [-0.05, 0) is 19.0 Å². The van der Waals surface area contributed by atoms with Gasteiger partial charge in [0.25, 0.3) is 0 Å². The Morgan fingerprint density at radius 3 is 2.83 bits per heavy atom. The maximum Gasteiger partial charge on any atom is 0.409 e. The third kappa shape index (κ3) is 5.63. The topological polar surface area (TPSA) is 81.8 Å². The molecule has 0 amide bonds. The summed E-state index contributed by atoms with van der Waals surface area (Å²) in [5.41, 5.74) is 4.35. The maximum atomic E-state index is 10.5. The molecule has 3 N–H and O–H groups in total. The number of rotatable bonds is 7. The highest BCUT2D eigenvalue weighted by Gasteiger charge is 2.22. The Labute approximate surface area is 78.6 Å². The summed E-state index contributed by atoms with van der Waals surface area (Å²) in [5.74, 6) is 0. The van der Waals surface area contributed by atoms with Crippen LogP contribution < -0.4 is 5.73 Å². The van der Waals surface area contributed by atoms with Gasteiger partial charge in [-0.25, -0.2) is 0 Å². The predicted molar refractivity (Wildman–Crippen MR) is 45.9 cm³/mol. The van der Waals surface area contributed by atoms with Crippen LogP contribution in [0.3, 0.4) is 0 Å². The second-order valence-electron chi connectivity index (χ2n) is 1.91. The normalized spacial score (nSPS) is 10.6. The quantitative estimate of drug-likeness (QED) is 0.550. The zero-order valence-electron chi connectivity index (χ0n) is 6.37. The molecule has 0 saturated heterocycles. The molecule has 0 bridgehead atoms. The van der Waals surface area contributed by atoms with Gasteiger partial charge in [0.1, 0.15) is 0 Å². The highest BCUT2D eigenvalue weighted by molar-refractivity contribution is 6.85. The molecule has 66 valence electrons. The molecule has 0 aromatic heterocycles. The number of hydrogen-bond acceptors (Lipinski definition) is 4. The highest BCUT2D eigenvalue weighted by atomic mass is 28.4. The van der Waals surface area contributed by atoms with Crippen molar-refractivity contribution in [3.63, 3.8) is 0 Å². The second kappa shape index (κ2) is 7.64. The fourth-order valence-electron chi connectivity index (χ4n) is 0.535. The summed E-state index contributed by atoms with van der Waals surface area (Å²) < 4.78 is 9.40. The summed E-state index contributed by atoms with van der Waals surface area (Å²) in [6.45, 7) is 0.489. The van der Waals surface area contributed by atoms with E-state index in [-0.39, 0.29) is 10.0 Å². The Morgan fingerprint density at radius 1 is 1.75 bits per heavy atom. The van der Waals surface area contributed by atoms with Crippen molar-refractivity contribution < 1.29 is 18.1 Å². The van der Waals surface area contributed by atoms with Crippen LogP contribution in [0.5, 0.6) is 0 Å². The van der Waals surface area contributed by atoms with Crippen molar-refractivity contribution in [1.29, 1.82) is 0 Å². The zero-order valence-corrected chi connectivity index (χ0v) is 9.37. The molecule has 0 aromatic rings. The molecule has 0 atom stereocenters. The first kappa shape index (κ1) is 12.0. The van der Waals surface area contributed by atoms with E-state index in [1.807, 2.05) is 0 Å². The molecule has 0 unspecified atom stereocenters. The summed E-state index contributed by atoms with van der Waals surface area (Å²) >= 11 is 0. The van der Waals surface area contributed by atoms with Crippen LogP contribution in [-0.4, -0.2) is 46.8 Å². The Hall–Kier alpha value is 0.000649. The Balaban J connectivity index is 3.62. The van der Waals surface area contributed by atoms with Crippen LogP contribution in [0.15, 0.2) is 0 Å². The number of carbonyl (C=O) groups is 1. The van der Waals surface area contributed by atoms with Crippen molar-refractivity contribution in [2.75, 3.05) is 6.54 Å². The monoisotopic (exact) mass is 219 g/mol. The standard InChI is InChI=1S/C4H9NO4Si3/c5-2-1-3-12(4(6)7)9-11-8-10/h1-3,5H2,(H,6,7). The smallest absolute Gasteiger partial charge is 0.409 e. The third-order valence-electron chi connectivity index (χ3n) is 1.05. The van der Waals surface area contributed by atoms with Crippen LogP contribution in [0.1, 0.15) is 6.42 Å². The summed E-state index contributed by atoms with van der Waals surface area (Å²) in [6, 6.07) is 0.513. The van der Waals surface area contributed by atoms with Gasteiger partial charge in [-0.3, -0.25) is 4.79 Å². The van der Waals surface area contributed by atoms with Gasteiger partial charge in [0.15, 0.2) is 0 Å². The fraction of sp³-hybridized carbons (Fsp3) is 0.750. The highest BCUT2D eigenvalue weighted by Crippen LogP contribution is 1.99. The van der Waals surface area contributed by atoms with E-state index in [1.54, 1.807) is 0 Å². The molecule has 0 aliphatic heterocycles. The van der Waals surface area contributed by atoms with Crippen LogP contribution in [0.4, 0.5) is 4.79 Å². The van der Waals surface area contributed by atoms with Crippen molar-refractivity contribution in [2.24, 2.45) is 5.73 Å². The van der Waals surface area contributed by atoms with E-state index in [9.17, 15) is 4.79 Å². The molecular weight excluding hydrogens is 210 g/mol. The van der Waals surface area contributed by atoms with Gasteiger partial charge in [-0.2, -0.15) is 0 Å². The molecule has 0 aliphatic rings. The van der Waals surface area contributed by atoms with Crippen LogP contribution in [0.2, 0.25) is 6.04 Å². The lowest BCUT2D eigenvalue weighted by atomic mass is 10.5. The summed E-state index contributed by atoms with van der Waals surface area (Å²) in [4.78, 5) is 10.5. The molecule has 0 fully saturated rings. The largest absolute Gasteiger partial charge is 0.484 e. The van der Waals surface area contributed by atoms with Crippen LogP contribution in [-0.2, 0) is 8.23 Å². The summed E-state index contributed by atoms with van der Waals surface area (Å²) in [5, 5.41) is 8.64. The summed E-state index contributed by atoms with van der Waals surface area (Å²) in [7, 11) is 0.668. The van der Waals surface area contributed by atoms with E-state index in [0.29, 0.717) is 19.0 Å². The second-order valence-corrected chi connectivity index (χ2v) is 5.48. The summed E-state index contributed by atoms with van der Waals surface area (Å²) in [6.07, 6.45) is 0.673. The molecule has 5 nitrogen and oxygen atoms in total. The minimum Gasteiger partial charge on any atom is -0.484 e. The van der Waals surface area contributed by atoms with Crippen molar-refractivity contribution in [2.45, 2.75) is 12.5 Å². The first-order valence-electron chi connectivity index (χ1n) is 3.26. The van der Waals surface area contributed by atoms with Gasteiger partial charge in [0, 0.05) is 0 Å². The lowest BCUT2D eigenvalue weighted by Gasteiger charge is -2.07. The van der Waals surface area contributed by atoms with Crippen LogP contribution >= 0.6 is 0 Å². The number of hydrogen-bond donors (Lipinski definition) is 2. The van der Waals surface area contributed by atoms with Crippen LogP contribution in [0, 0.1) is 0 Å². The molecule has 0 aromatic carbocycles. The molecule has 0 heterocycles. The van der Waals surface area contributed by atoms with Gasteiger partial charge in [-0.1, -0.05) is 0 Å². The minimum atomic E-state index is -1.79. The Morgan fingerprint density at radius 2 is 2.42 bits per heavy atom. The number of nitrogens with two attached hydrogens (primary N) is 1. The van der Waals surface area contributed by atoms with Crippen molar-refractivity contribution >= 4 is 35.1 Å². The van der Waals surface area contributed by atoms with Gasteiger partial charge in [0.05, 0.1) is 0 Å². The zero-order chi connectivity index (χ0) is 9.40. The maximum absolute atomic E-state index is 10.5. The Kier molecular flexibility index (Phi) is 7.64. The molecule has 0 rings (SSSR count). The van der Waals surface area contributed by atoms with Crippen LogP contribution in [0.25, 0.3) is 0 Å². The van der Waals surface area contributed by atoms with Crippen molar-refractivity contribution in [3.8, 4) is 0 Å². The molecule has 8 heteroatoms. The fourth-order valence-corrected chi connectivity index (χ4v) is 2.98. The third-order valence-corrected chi connectivity index (χ3v) is 3.99. The molecule has 0 saturated carbocycles. The number of carboxylic acid groups (broad SMARTS) is 1. The van der Waals surface area contributed by atoms with E-state index in [4.69, 9.17) is 15.0 Å². The van der Waals surface area contributed by atoms with E-state index < -0.39 is 14.6 Å². The van der Waals surface area contributed by atoms with Crippen molar-refractivity contribution in [1.82, 2.24) is 0 Å². The van der Waals surface area contributed by atoms with Gasteiger partial charge in [0.2, 0.25) is 10.5 Å². The molecule has 0 aliphatic carbocycles. The SMILES string of the molecule is NCCC[Si](O[Si]O[Si])C(=O)O. The van der Waals surface area contributed by atoms with E-state index >= 15 is 0 Å². The molecule has 0 spiro atoms. The molecular formula is C4H9NO4Si3.